The van der Waals surface area contributed by atoms with Gasteiger partial charge < -0.3 is 4.90 Å². The fourth-order valence-electron chi connectivity index (χ4n) is 1.58. The van der Waals surface area contributed by atoms with Crippen molar-refractivity contribution < 1.29 is 9.18 Å². The van der Waals surface area contributed by atoms with Crippen molar-refractivity contribution in [3.63, 3.8) is 0 Å². The summed E-state index contributed by atoms with van der Waals surface area (Å²) in [5, 5.41) is 0. The van der Waals surface area contributed by atoms with E-state index in [2.05, 4.69) is 4.98 Å². The summed E-state index contributed by atoms with van der Waals surface area (Å²) in [6, 6.07) is 3.15. The van der Waals surface area contributed by atoms with Crippen LogP contribution in [0, 0.1) is 5.95 Å². The van der Waals surface area contributed by atoms with Gasteiger partial charge in [0.15, 0.2) is 0 Å². The number of amides is 1. The van der Waals surface area contributed by atoms with Crippen LogP contribution in [-0.4, -0.2) is 28.4 Å². The number of carbonyl (C=O) groups excluding carboxylic acids is 1. The molecule has 0 bridgehead atoms. The second-order valence-corrected chi connectivity index (χ2v) is 3.69. The van der Waals surface area contributed by atoms with Crippen molar-refractivity contribution >= 4 is 5.91 Å². The summed E-state index contributed by atoms with van der Waals surface area (Å²) in [6.07, 6.45) is 2.19. The molecule has 3 nitrogen and oxygen atoms in total. The van der Waals surface area contributed by atoms with Gasteiger partial charge in [0.2, 0.25) is 5.95 Å². The van der Waals surface area contributed by atoms with Crippen LogP contribution in [0.1, 0.15) is 37.6 Å². The Labute approximate surface area is 95.3 Å². The van der Waals surface area contributed by atoms with E-state index in [-0.39, 0.29) is 17.5 Å². The van der Waals surface area contributed by atoms with Gasteiger partial charge in [-0.1, -0.05) is 6.92 Å². The van der Waals surface area contributed by atoms with Gasteiger partial charge in [-0.15, -0.1) is 0 Å². The van der Waals surface area contributed by atoms with Gasteiger partial charge in [0, 0.05) is 18.8 Å². The maximum absolute atomic E-state index is 13.3. The van der Waals surface area contributed by atoms with Gasteiger partial charge in [-0.2, -0.15) is 4.39 Å². The van der Waals surface area contributed by atoms with E-state index < -0.39 is 5.95 Å². The molecule has 0 saturated carbocycles. The van der Waals surface area contributed by atoms with Crippen LogP contribution in [0.5, 0.6) is 0 Å². The molecule has 1 rings (SSSR count). The number of nitrogens with zero attached hydrogens (tertiary/aromatic N) is 2. The average Bonchev–Trinajstić information content (AvgIpc) is 2.30. The zero-order chi connectivity index (χ0) is 12.1. The van der Waals surface area contributed by atoms with Crippen molar-refractivity contribution in [2.45, 2.75) is 33.2 Å². The minimum Gasteiger partial charge on any atom is -0.336 e. The summed E-state index contributed by atoms with van der Waals surface area (Å²) in [6.45, 7) is 6.41. The monoisotopic (exact) mass is 224 g/mol. The maximum Gasteiger partial charge on any atom is 0.258 e. The first-order valence-corrected chi connectivity index (χ1v) is 5.53. The van der Waals surface area contributed by atoms with E-state index in [1.165, 1.54) is 12.3 Å². The summed E-state index contributed by atoms with van der Waals surface area (Å²) in [4.78, 5) is 17.2. The summed E-state index contributed by atoms with van der Waals surface area (Å²) in [5.41, 5.74) is 0.0460. The predicted octanol–water partition coefficient (Wildman–Crippen LogP) is 2.48. The molecule has 0 radical (unpaired) electrons. The van der Waals surface area contributed by atoms with Crippen molar-refractivity contribution in [3.8, 4) is 0 Å². The molecule has 0 aromatic carbocycles. The lowest BCUT2D eigenvalue weighted by Crippen LogP contribution is -2.38. The van der Waals surface area contributed by atoms with Crippen molar-refractivity contribution in [3.05, 3.63) is 29.8 Å². The highest BCUT2D eigenvalue weighted by atomic mass is 19.1. The number of hydrogen-bond acceptors (Lipinski definition) is 2. The molecular formula is C12H17FN2O. The van der Waals surface area contributed by atoms with Crippen molar-refractivity contribution in [2.24, 2.45) is 0 Å². The summed E-state index contributed by atoms with van der Waals surface area (Å²) in [5.74, 6) is -0.989. The first-order valence-electron chi connectivity index (χ1n) is 5.53. The second-order valence-electron chi connectivity index (χ2n) is 3.69. The molecule has 1 amide bonds. The molecule has 0 aliphatic rings. The Morgan fingerprint density at radius 1 is 1.56 bits per heavy atom. The number of hydrogen-bond donors (Lipinski definition) is 0. The molecule has 0 aliphatic carbocycles. The predicted molar refractivity (Wildman–Crippen MR) is 60.7 cm³/mol. The first kappa shape index (κ1) is 12.6. The number of carbonyl (C=O) groups is 1. The standard InChI is InChI=1S/C12H17FN2O/c1-4-9(3)15(5-2)12(16)10-7-6-8-14-11(10)13/h6-9H,4-5H2,1-3H3. The van der Waals surface area contributed by atoms with E-state index in [0.717, 1.165) is 6.42 Å². The number of aromatic nitrogens is 1. The number of rotatable bonds is 4. The third-order valence-corrected chi connectivity index (χ3v) is 2.71. The van der Waals surface area contributed by atoms with E-state index in [0.29, 0.717) is 6.54 Å². The number of halogens is 1. The summed E-state index contributed by atoms with van der Waals surface area (Å²) < 4.78 is 13.3. The molecule has 16 heavy (non-hydrogen) atoms. The lowest BCUT2D eigenvalue weighted by molar-refractivity contribution is 0.0694. The Kier molecular flexibility index (Phi) is 4.40. The molecule has 1 heterocycles. The van der Waals surface area contributed by atoms with Crippen LogP contribution in [0.4, 0.5) is 4.39 Å². The normalized spacial score (nSPS) is 12.2. The van der Waals surface area contributed by atoms with Crippen LogP contribution in [0.3, 0.4) is 0 Å². The molecule has 1 aromatic rings. The Bertz CT molecular complexity index is 368. The second kappa shape index (κ2) is 5.58. The van der Waals surface area contributed by atoms with Gasteiger partial charge in [0.25, 0.3) is 5.91 Å². The zero-order valence-electron chi connectivity index (χ0n) is 9.90. The summed E-state index contributed by atoms with van der Waals surface area (Å²) in [7, 11) is 0. The first-order chi connectivity index (χ1) is 7.61. The highest BCUT2D eigenvalue weighted by molar-refractivity contribution is 5.94. The highest BCUT2D eigenvalue weighted by Gasteiger charge is 2.21. The molecule has 1 atom stereocenters. The quantitative estimate of drug-likeness (QED) is 0.736. The van der Waals surface area contributed by atoms with Gasteiger partial charge in [-0.25, -0.2) is 4.98 Å². The molecule has 0 spiro atoms. The Balaban J connectivity index is 2.96. The van der Waals surface area contributed by atoms with Gasteiger partial charge in [-0.05, 0) is 32.4 Å². The molecule has 0 aliphatic heterocycles. The third kappa shape index (κ3) is 2.56. The third-order valence-electron chi connectivity index (χ3n) is 2.71. The van der Waals surface area contributed by atoms with Crippen LogP contribution in [0.25, 0.3) is 0 Å². The van der Waals surface area contributed by atoms with Crippen molar-refractivity contribution in [1.29, 1.82) is 0 Å². The van der Waals surface area contributed by atoms with Crippen LogP contribution in [-0.2, 0) is 0 Å². The van der Waals surface area contributed by atoms with Gasteiger partial charge in [0.1, 0.15) is 0 Å². The van der Waals surface area contributed by atoms with Gasteiger partial charge in [0.05, 0.1) is 5.56 Å². The average molecular weight is 224 g/mol. The smallest absolute Gasteiger partial charge is 0.258 e. The Hall–Kier alpha value is -1.45. The van der Waals surface area contributed by atoms with Crippen LogP contribution in [0.2, 0.25) is 0 Å². The zero-order valence-corrected chi connectivity index (χ0v) is 9.90. The van der Waals surface area contributed by atoms with Crippen molar-refractivity contribution in [1.82, 2.24) is 9.88 Å². The number of pyridine rings is 1. The molecule has 1 unspecified atom stereocenters. The Morgan fingerprint density at radius 3 is 2.75 bits per heavy atom. The van der Waals surface area contributed by atoms with Crippen LogP contribution < -0.4 is 0 Å². The van der Waals surface area contributed by atoms with E-state index >= 15 is 0 Å². The Morgan fingerprint density at radius 2 is 2.25 bits per heavy atom. The van der Waals surface area contributed by atoms with Crippen LogP contribution in [0.15, 0.2) is 18.3 Å². The van der Waals surface area contributed by atoms with Gasteiger partial charge in [-0.3, -0.25) is 4.79 Å². The SMILES string of the molecule is CCC(C)N(CC)C(=O)c1cccnc1F. The maximum atomic E-state index is 13.3. The fourth-order valence-corrected chi connectivity index (χ4v) is 1.58. The highest BCUT2D eigenvalue weighted by Crippen LogP contribution is 2.12. The van der Waals surface area contributed by atoms with E-state index in [1.807, 2.05) is 20.8 Å². The lowest BCUT2D eigenvalue weighted by atomic mass is 10.1. The molecular weight excluding hydrogens is 207 g/mol. The lowest BCUT2D eigenvalue weighted by Gasteiger charge is -2.27. The van der Waals surface area contributed by atoms with E-state index in [4.69, 9.17) is 0 Å². The molecule has 4 heteroatoms. The summed E-state index contributed by atoms with van der Waals surface area (Å²) >= 11 is 0. The molecule has 88 valence electrons. The molecule has 1 aromatic heterocycles. The van der Waals surface area contributed by atoms with Gasteiger partial charge >= 0.3 is 0 Å². The van der Waals surface area contributed by atoms with Crippen LogP contribution >= 0.6 is 0 Å². The van der Waals surface area contributed by atoms with E-state index in [9.17, 15) is 9.18 Å². The fraction of sp³-hybridized carbons (Fsp3) is 0.500. The molecule has 0 fully saturated rings. The minimum absolute atomic E-state index is 0.0460. The van der Waals surface area contributed by atoms with E-state index in [1.54, 1.807) is 11.0 Å². The topological polar surface area (TPSA) is 33.2 Å². The largest absolute Gasteiger partial charge is 0.336 e. The minimum atomic E-state index is -0.700. The van der Waals surface area contributed by atoms with Crippen molar-refractivity contribution in [2.75, 3.05) is 6.54 Å². The molecule has 0 saturated heterocycles. The molecule has 0 N–H and O–H groups in total.